The van der Waals surface area contributed by atoms with Crippen molar-refractivity contribution in [2.45, 2.75) is 51.2 Å². The monoisotopic (exact) mass is 780 g/mol. The second-order valence-electron chi connectivity index (χ2n) is 11.9. The average molecular weight is 781 g/mol. The van der Waals surface area contributed by atoms with Crippen molar-refractivity contribution in [3.63, 3.8) is 0 Å². The number of hydrogen-bond acceptors (Lipinski definition) is 9. The van der Waals surface area contributed by atoms with Crippen LogP contribution in [-0.2, 0) is 20.9 Å². The number of ether oxygens (including phenoxy) is 4. The molecular formula is C35H34F6N6O6S. The first-order chi connectivity index (χ1) is 25.6. The van der Waals surface area contributed by atoms with Crippen LogP contribution in [0.5, 0.6) is 11.5 Å². The molecule has 1 aliphatic heterocycles. The second kappa shape index (κ2) is 17.3. The van der Waals surface area contributed by atoms with Crippen LogP contribution in [0.4, 0.5) is 42.5 Å². The summed E-state index contributed by atoms with van der Waals surface area (Å²) < 4.78 is 96.5. The minimum Gasteiger partial charge on any atom is -0.465 e. The van der Waals surface area contributed by atoms with Gasteiger partial charge in [-0.3, -0.25) is 9.69 Å². The fourth-order valence-electron chi connectivity index (χ4n) is 5.30. The Bertz CT molecular complexity index is 1970. The number of urea groups is 1. The molecule has 1 unspecified atom stereocenters. The summed E-state index contributed by atoms with van der Waals surface area (Å²) in [5, 5.41) is 6.73. The molecule has 1 fully saturated rings. The highest BCUT2D eigenvalue weighted by Gasteiger charge is 2.35. The number of nitrogens with zero attached hydrogens (tertiary/aromatic N) is 5. The lowest BCUT2D eigenvalue weighted by molar-refractivity contribution is -0.274. The molecule has 0 bridgehead atoms. The van der Waals surface area contributed by atoms with Crippen LogP contribution in [-0.4, -0.2) is 76.6 Å². The van der Waals surface area contributed by atoms with E-state index in [1.54, 1.807) is 48.2 Å². The van der Waals surface area contributed by atoms with Crippen LogP contribution in [0, 0.1) is 6.92 Å². The van der Waals surface area contributed by atoms with Crippen molar-refractivity contribution >= 4 is 40.8 Å². The Morgan fingerprint density at radius 1 is 1.06 bits per heavy atom. The highest BCUT2D eigenvalue weighted by atomic mass is 32.2. The van der Waals surface area contributed by atoms with E-state index < -0.39 is 25.2 Å². The van der Waals surface area contributed by atoms with Gasteiger partial charge in [-0.05, 0) is 80.8 Å². The summed E-state index contributed by atoms with van der Waals surface area (Å²) in [5.41, 5.74) is 3.40. The fourth-order valence-corrected chi connectivity index (χ4v) is 6.44. The Morgan fingerprint density at radius 3 is 2.52 bits per heavy atom. The van der Waals surface area contributed by atoms with Gasteiger partial charge in [-0.25, -0.2) is 19.5 Å². The van der Waals surface area contributed by atoms with Gasteiger partial charge in [0.1, 0.15) is 24.4 Å². The number of carbonyl (C=O) groups is 2. The molecule has 0 saturated carbocycles. The number of rotatable bonds is 14. The van der Waals surface area contributed by atoms with Gasteiger partial charge in [0.25, 0.3) is 0 Å². The van der Waals surface area contributed by atoms with Gasteiger partial charge >= 0.3 is 18.6 Å². The molecule has 1 N–H and O–H groups in total. The Balaban J connectivity index is 1.24. The lowest BCUT2D eigenvalue weighted by Gasteiger charge is -2.27. The lowest BCUT2D eigenvalue weighted by atomic mass is 10.1. The smallest absolute Gasteiger partial charge is 0.465 e. The first-order valence-electron chi connectivity index (χ1n) is 16.2. The van der Waals surface area contributed by atoms with E-state index in [0.29, 0.717) is 41.1 Å². The minimum absolute atomic E-state index is 0.159. The summed E-state index contributed by atoms with van der Waals surface area (Å²) in [7, 11) is 1.42. The normalized spacial score (nSPS) is 15.1. The number of methoxy groups -OCH3 is 1. The molecule has 0 spiro atoms. The maximum atomic E-state index is 13.0. The van der Waals surface area contributed by atoms with E-state index in [2.05, 4.69) is 25.1 Å². The first-order valence-corrected chi connectivity index (χ1v) is 17.2. The predicted molar refractivity (Wildman–Crippen MR) is 188 cm³/mol. The van der Waals surface area contributed by atoms with Crippen molar-refractivity contribution in [2.75, 3.05) is 36.5 Å². The molecule has 288 valence electrons. The molecule has 0 radical (unpaired) electrons. The zero-order valence-electron chi connectivity index (χ0n) is 29.0. The second-order valence-corrected chi connectivity index (χ2v) is 13.1. The third-order valence-corrected chi connectivity index (χ3v) is 8.91. The summed E-state index contributed by atoms with van der Waals surface area (Å²) in [6, 6.07) is 14.3. The molecule has 1 aliphatic rings. The molecule has 2 heterocycles. The van der Waals surface area contributed by atoms with Crippen LogP contribution in [0.3, 0.4) is 0 Å². The van der Waals surface area contributed by atoms with Crippen LogP contribution < -0.4 is 19.7 Å². The number of nitrogens with one attached hydrogen (secondary N) is 1. The molecular weight excluding hydrogens is 746 g/mol. The summed E-state index contributed by atoms with van der Waals surface area (Å²) in [5.74, 6) is 0.0736. The Morgan fingerprint density at radius 2 is 1.81 bits per heavy atom. The van der Waals surface area contributed by atoms with E-state index in [1.165, 1.54) is 42.0 Å². The van der Waals surface area contributed by atoms with E-state index in [0.717, 1.165) is 17.7 Å². The number of halogens is 6. The van der Waals surface area contributed by atoms with Gasteiger partial charge in [0.2, 0.25) is 5.91 Å². The quantitative estimate of drug-likeness (QED) is 0.0767. The lowest BCUT2D eigenvalue weighted by Crippen LogP contribution is -2.34. The fraction of sp³-hybridized carbons (Fsp3) is 0.343. The number of aryl methyl sites for hydroxylation is 1. The van der Waals surface area contributed by atoms with E-state index in [-0.39, 0.29) is 53.4 Å². The summed E-state index contributed by atoms with van der Waals surface area (Å²) in [6.45, 7) is 1.59. The van der Waals surface area contributed by atoms with Gasteiger partial charge in [-0.1, -0.05) is 12.1 Å². The number of benzene rings is 3. The molecule has 0 aliphatic carbocycles. The molecule has 1 aromatic heterocycles. The molecule has 1 saturated heterocycles. The van der Waals surface area contributed by atoms with Crippen molar-refractivity contribution in [3.05, 3.63) is 78.1 Å². The summed E-state index contributed by atoms with van der Waals surface area (Å²) >= 11 is 1.39. The molecule has 4 aromatic rings. The average Bonchev–Trinajstić information content (AvgIpc) is 3.73. The van der Waals surface area contributed by atoms with Crippen molar-refractivity contribution in [3.8, 4) is 28.6 Å². The van der Waals surface area contributed by atoms with Crippen LogP contribution in [0.1, 0.15) is 30.9 Å². The van der Waals surface area contributed by atoms with Crippen molar-refractivity contribution in [1.29, 1.82) is 0 Å². The number of anilines is 2. The SMILES string of the molecule is COCOc1cc(-c2ncn(-c3ccc(OC(F)(F)F)cc3)n2)ccc1NC(=O)N=C(C)CCC1SCC(=O)N1c1cc(C)ccc1COCC(F)(F)F. The van der Waals surface area contributed by atoms with Crippen molar-refractivity contribution in [1.82, 2.24) is 14.8 Å². The number of aliphatic imine (C=N–C) groups is 1. The van der Waals surface area contributed by atoms with Gasteiger partial charge in [0.15, 0.2) is 12.6 Å². The number of aromatic nitrogens is 3. The number of amides is 3. The maximum Gasteiger partial charge on any atom is 0.573 e. The number of thioether (sulfide) groups is 1. The van der Waals surface area contributed by atoms with Gasteiger partial charge in [0.05, 0.1) is 34.8 Å². The molecule has 3 amide bonds. The van der Waals surface area contributed by atoms with Crippen LogP contribution >= 0.6 is 11.8 Å². The molecule has 12 nitrogen and oxygen atoms in total. The molecule has 3 aromatic carbocycles. The highest BCUT2D eigenvalue weighted by molar-refractivity contribution is 8.01. The number of carbonyl (C=O) groups excluding carboxylic acids is 2. The topological polar surface area (TPSA) is 129 Å². The Hall–Kier alpha value is -5.14. The van der Waals surface area contributed by atoms with Gasteiger partial charge in [-0.2, -0.15) is 13.2 Å². The van der Waals surface area contributed by atoms with E-state index in [1.807, 2.05) is 6.92 Å². The van der Waals surface area contributed by atoms with E-state index >= 15 is 0 Å². The third kappa shape index (κ3) is 11.2. The van der Waals surface area contributed by atoms with Gasteiger partial charge in [-0.15, -0.1) is 30.0 Å². The van der Waals surface area contributed by atoms with Gasteiger partial charge < -0.3 is 24.3 Å². The van der Waals surface area contributed by atoms with Crippen molar-refractivity contribution < 1.29 is 54.9 Å². The summed E-state index contributed by atoms with van der Waals surface area (Å²) in [4.78, 5) is 36.0. The zero-order chi connectivity index (χ0) is 39.0. The largest absolute Gasteiger partial charge is 0.573 e. The summed E-state index contributed by atoms with van der Waals surface area (Å²) in [6.07, 6.45) is -7.18. The number of hydrogen-bond donors (Lipinski definition) is 1. The minimum atomic E-state index is -4.82. The highest BCUT2D eigenvalue weighted by Crippen LogP contribution is 2.37. The van der Waals surface area contributed by atoms with Crippen molar-refractivity contribution in [2.24, 2.45) is 4.99 Å². The molecule has 19 heteroatoms. The van der Waals surface area contributed by atoms with Crippen LogP contribution in [0.25, 0.3) is 17.1 Å². The van der Waals surface area contributed by atoms with Crippen LogP contribution in [0.2, 0.25) is 0 Å². The maximum absolute atomic E-state index is 13.0. The zero-order valence-corrected chi connectivity index (χ0v) is 29.8. The standard InChI is InChI=1S/C35H34F6N6O6S/c1-21-4-6-24(16-51-18-34(36,37)38)28(14-21)47-30(48)17-54-31(47)13-5-22(2)43-33(49)44-27-12-7-23(15-29(27)52-20-50-3)32-42-19-46(45-32)25-8-10-26(11-9-25)53-35(39,40)41/h4,6-12,14-15,19,31H,5,13,16-18,20H2,1-3H3,(H,44,49). The van der Waals surface area contributed by atoms with E-state index in [4.69, 9.17) is 14.2 Å². The van der Waals surface area contributed by atoms with E-state index in [9.17, 15) is 35.9 Å². The van der Waals surface area contributed by atoms with Gasteiger partial charge in [0, 0.05) is 23.9 Å². The Kier molecular flexibility index (Phi) is 12.9. The molecule has 5 rings (SSSR count). The Labute approximate surface area is 309 Å². The third-order valence-electron chi connectivity index (χ3n) is 7.67. The molecule has 54 heavy (non-hydrogen) atoms. The molecule has 1 atom stereocenters. The first kappa shape index (κ1) is 40.1. The van der Waals surface area contributed by atoms with Crippen LogP contribution in [0.15, 0.2) is 72.0 Å². The predicted octanol–water partition coefficient (Wildman–Crippen LogP) is 8.08. The number of alkyl halides is 6.